The molecule has 10 aliphatic rings. The summed E-state index contributed by atoms with van der Waals surface area (Å²) in [6.45, 7) is -2.15. The Kier molecular flexibility index (Phi) is 30.2. The Bertz CT molecular complexity index is 2940. The van der Waals surface area contributed by atoms with E-state index in [1.165, 1.54) is 32.9 Å². The Morgan fingerprint density at radius 2 is 0.519 bits per heavy atom. The van der Waals surface area contributed by atoms with Gasteiger partial charge in [-0.25, -0.2) is 0 Å². The zero-order chi connectivity index (χ0) is 79.3. The van der Waals surface area contributed by atoms with Crippen molar-refractivity contribution in [1.29, 1.82) is 0 Å². The maximum atomic E-state index is 11.6. The van der Waals surface area contributed by atoms with Gasteiger partial charge in [-0.3, -0.25) is 0 Å². The fourth-order valence-electron chi connectivity index (χ4n) is 15.3. The number of hydrogen-bond donors (Lipinski definition) is 32. The standard InChI is InChI=1S/C63H105N3O42/c1-14-27(64-20-4-17(7-67)30(74)37(81)31(20)75)34(78)45(89)58(96-14)105-54-24(11-71)100-61(48(92)41(54)85)103-51-18(8-68)5-21(32(76)38(51)82)65-28-15(2)97-59(46(90)35(28)79)106-55-25(12-72)101-62(49(93)42(55)86)104-52-19(9-69)6-22(33(77)39(52)83)66-29-16(3)98-60(47(91)36(29)80)107-56-26(13-73)102-63(50(94)43(56)87)108-53-23(10-70)99-57(95)44(88)40(53)84/h4-6,14-16,20-95H,7-13H2,1-3H3/t14-,15-,16-,20+,21+,22+,23-,24-,25-,26-,27-,28-,29-,30-,31+,32+,33+,34+,35+,36+,37+,38-,39-,40-,41-,42-,43-,44-,45-,46-,47-,48-,49-,50-,51-,52-,53-,54-,55-,56-,57-,58-,59-,60-,61-,62-,63-/m1/s1. The highest BCUT2D eigenvalue weighted by molar-refractivity contribution is 5.26. The van der Waals surface area contributed by atoms with Gasteiger partial charge in [0.1, 0.15) is 189 Å². The zero-order valence-corrected chi connectivity index (χ0v) is 58.1. The summed E-state index contributed by atoms with van der Waals surface area (Å²) >= 11 is 0. The van der Waals surface area contributed by atoms with Gasteiger partial charge in [-0.1, -0.05) is 18.2 Å². The molecule has 7 fully saturated rings. The third-order valence-electron chi connectivity index (χ3n) is 21.7. The van der Waals surface area contributed by atoms with Crippen LogP contribution in [0.15, 0.2) is 34.9 Å². The van der Waals surface area contributed by atoms with Crippen LogP contribution in [0.4, 0.5) is 0 Å². The molecule has 0 spiro atoms. The van der Waals surface area contributed by atoms with Crippen molar-refractivity contribution in [2.75, 3.05) is 46.2 Å². The second-order valence-electron chi connectivity index (χ2n) is 28.7. The summed E-state index contributed by atoms with van der Waals surface area (Å²) in [5.74, 6) is 0. The average Bonchev–Trinajstić information content (AvgIpc) is 0.780. The fraction of sp³-hybridized carbons (Fsp3) is 0.905. The molecule has 7 saturated heterocycles. The van der Waals surface area contributed by atoms with E-state index in [1.807, 2.05) is 0 Å². The van der Waals surface area contributed by atoms with E-state index in [1.54, 1.807) is 0 Å². The van der Waals surface area contributed by atoms with Gasteiger partial charge in [0, 0.05) is 0 Å². The lowest BCUT2D eigenvalue weighted by Crippen LogP contribution is -2.69. The summed E-state index contributed by atoms with van der Waals surface area (Å²) in [7, 11) is 0. The molecule has 0 saturated carbocycles. The molecule has 624 valence electrons. The molecule has 0 aromatic heterocycles. The minimum absolute atomic E-state index is 0.0391. The molecule has 10 rings (SSSR count). The second kappa shape index (κ2) is 37.1. The van der Waals surface area contributed by atoms with Crippen LogP contribution in [-0.4, -0.2) is 482 Å². The number of ether oxygens (including phenoxy) is 13. The Morgan fingerprint density at radius 1 is 0.269 bits per heavy atom. The van der Waals surface area contributed by atoms with Crippen molar-refractivity contribution in [3.05, 3.63) is 34.9 Å². The van der Waals surface area contributed by atoms with Crippen LogP contribution in [0, 0.1) is 0 Å². The Labute approximate surface area is 613 Å². The quantitative estimate of drug-likeness (QED) is 0.0377. The van der Waals surface area contributed by atoms with Gasteiger partial charge < -0.3 is 226 Å². The molecule has 108 heavy (non-hydrogen) atoms. The normalized spacial score (nSPS) is 52.7. The van der Waals surface area contributed by atoms with Crippen molar-refractivity contribution >= 4 is 0 Å². The van der Waals surface area contributed by atoms with Crippen LogP contribution in [0.25, 0.3) is 0 Å². The first-order chi connectivity index (χ1) is 51.1. The molecule has 45 nitrogen and oxygen atoms in total. The molecule has 0 unspecified atom stereocenters. The van der Waals surface area contributed by atoms with E-state index in [-0.39, 0.29) is 16.7 Å². The van der Waals surface area contributed by atoms with Gasteiger partial charge in [-0.15, -0.1) is 0 Å². The maximum Gasteiger partial charge on any atom is 0.187 e. The third-order valence-corrected chi connectivity index (χ3v) is 21.7. The van der Waals surface area contributed by atoms with Gasteiger partial charge >= 0.3 is 0 Å². The molecule has 3 aliphatic carbocycles. The average molecular weight is 1580 g/mol. The molecule has 0 amide bonds. The highest BCUT2D eigenvalue weighted by Crippen LogP contribution is 2.39. The van der Waals surface area contributed by atoms with Gasteiger partial charge in [-0.05, 0) is 37.5 Å². The number of aliphatic hydroxyl groups excluding tert-OH is 29. The van der Waals surface area contributed by atoms with Crippen molar-refractivity contribution < 1.29 is 210 Å². The summed E-state index contributed by atoms with van der Waals surface area (Å²) in [5.41, 5.74) is -0.425. The summed E-state index contributed by atoms with van der Waals surface area (Å²) in [5, 5.41) is 324. The summed E-state index contributed by atoms with van der Waals surface area (Å²) in [6.07, 6.45) is -71.0. The van der Waals surface area contributed by atoms with Gasteiger partial charge in [0.15, 0.2) is 44.0 Å². The molecule has 0 aromatic rings. The van der Waals surface area contributed by atoms with E-state index < -0.39 is 334 Å². The Morgan fingerprint density at radius 3 is 0.815 bits per heavy atom. The number of nitrogens with one attached hydrogen (secondary N) is 3. The van der Waals surface area contributed by atoms with E-state index in [4.69, 9.17) is 61.6 Å². The van der Waals surface area contributed by atoms with Crippen LogP contribution < -0.4 is 16.0 Å². The molecule has 0 radical (unpaired) electrons. The lowest BCUT2D eigenvalue weighted by Gasteiger charge is -2.49. The Hall–Kier alpha value is -2.58. The van der Waals surface area contributed by atoms with E-state index in [0.29, 0.717) is 0 Å². The molecule has 0 bridgehead atoms. The zero-order valence-electron chi connectivity index (χ0n) is 58.1. The van der Waals surface area contributed by atoms with Crippen LogP contribution in [-0.2, 0) is 61.6 Å². The molecule has 45 heteroatoms. The van der Waals surface area contributed by atoms with Gasteiger partial charge in [0.25, 0.3) is 0 Å². The monoisotopic (exact) mass is 1580 g/mol. The van der Waals surface area contributed by atoms with E-state index >= 15 is 0 Å². The highest BCUT2D eigenvalue weighted by atomic mass is 16.8. The van der Waals surface area contributed by atoms with Crippen LogP contribution >= 0.6 is 0 Å². The van der Waals surface area contributed by atoms with Crippen LogP contribution in [0.2, 0.25) is 0 Å². The maximum absolute atomic E-state index is 11.6. The van der Waals surface area contributed by atoms with Crippen LogP contribution in [0.1, 0.15) is 20.8 Å². The van der Waals surface area contributed by atoms with Crippen LogP contribution in [0.3, 0.4) is 0 Å². The minimum atomic E-state index is -2.16. The molecule has 32 N–H and O–H groups in total. The van der Waals surface area contributed by atoms with E-state index in [0.717, 1.165) is 6.08 Å². The first kappa shape index (κ1) is 87.8. The molecular formula is C63H105N3O42. The largest absolute Gasteiger partial charge is 0.394 e. The smallest absolute Gasteiger partial charge is 0.187 e. The van der Waals surface area contributed by atoms with Gasteiger partial charge in [-0.2, -0.15) is 0 Å². The lowest BCUT2D eigenvalue weighted by atomic mass is 9.86. The summed E-state index contributed by atoms with van der Waals surface area (Å²) in [4.78, 5) is 0. The van der Waals surface area contributed by atoms with Crippen molar-refractivity contribution in [1.82, 2.24) is 16.0 Å². The number of hydrogen-bond acceptors (Lipinski definition) is 45. The minimum Gasteiger partial charge on any atom is -0.394 e. The topological polar surface area (TPSA) is 743 Å². The fourth-order valence-corrected chi connectivity index (χ4v) is 15.3. The van der Waals surface area contributed by atoms with Crippen molar-refractivity contribution in [2.24, 2.45) is 0 Å². The Balaban J connectivity index is 0.709. The van der Waals surface area contributed by atoms with Crippen molar-refractivity contribution in [3.63, 3.8) is 0 Å². The van der Waals surface area contributed by atoms with Crippen molar-refractivity contribution in [2.45, 2.75) is 309 Å². The predicted octanol–water partition coefficient (Wildman–Crippen LogP) is -19.3. The van der Waals surface area contributed by atoms with Gasteiger partial charge in [0.05, 0.1) is 101 Å². The summed E-state index contributed by atoms with van der Waals surface area (Å²) < 4.78 is 74.5. The summed E-state index contributed by atoms with van der Waals surface area (Å²) in [6, 6.07) is -7.93. The third kappa shape index (κ3) is 17.7. The van der Waals surface area contributed by atoms with E-state index in [2.05, 4.69) is 16.0 Å². The number of rotatable bonds is 25. The molecular weight excluding hydrogens is 1470 g/mol. The lowest BCUT2D eigenvalue weighted by molar-refractivity contribution is -0.373. The van der Waals surface area contributed by atoms with Gasteiger partial charge in [0.2, 0.25) is 0 Å². The first-order valence-corrected chi connectivity index (χ1v) is 35.2. The van der Waals surface area contributed by atoms with Crippen molar-refractivity contribution in [3.8, 4) is 0 Å². The molecule has 7 aliphatic heterocycles. The predicted molar refractivity (Wildman–Crippen MR) is 341 cm³/mol. The molecule has 0 aromatic carbocycles. The number of aliphatic hydroxyl groups is 29. The molecule has 47 atom stereocenters. The second-order valence-corrected chi connectivity index (χ2v) is 28.7. The van der Waals surface area contributed by atoms with E-state index in [9.17, 15) is 148 Å². The molecule has 7 heterocycles. The highest BCUT2D eigenvalue weighted by Gasteiger charge is 2.59. The SMILES string of the molecule is C[C@H]1O[C@H](O[C@H]2[C@H](O)[C@@H](O)[C@@H](O[C@H]3[C@H](O)[C@@H](O)[C@H](O)O[C@@H]3CO)O[C@@H]2CO)[C@H](O)[C@@H](O)[C@@H]1N[C@H]1C=C(CO)[C@@H](O[C@H]2O[C@H](CO)[C@@H](O[C@H]3O[C@H](C)[C@@H](N[C@H]4C=C(CO)[C@@H](O[C@H]5O[C@H](CO)[C@@H](O[C@H]6O[C@H](C)[C@@H](N[C@H]7C=C(CO)[C@@H](O)[C@H](O)[C@H]7O)[C@H](O)[C@H]6O)[C@H](O)[C@H]5O)[C@H](O)[C@H]4O)[C@H](O)[C@H]3O)[C@H](O)[C@H]2O)[C@H](O)[C@H]1O. The van der Waals surface area contributed by atoms with Crippen LogP contribution in [0.5, 0.6) is 0 Å². The first-order valence-electron chi connectivity index (χ1n) is 35.2.